The molecule has 1 aliphatic rings. The molecule has 8 heteroatoms. The number of halogens is 1. The Hall–Kier alpha value is -3.29. The summed E-state index contributed by atoms with van der Waals surface area (Å²) in [4.78, 5) is 27.4. The molecule has 1 amide bonds. The zero-order valence-electron chi connectivity index (χ0n) is 13.9. The van der Waals surface area contributed by atoms with Crippen LogP contribution in [-0.4, -0.2) is 32.6 Å². The first-order chi connectivity index (χ1) is 12.5. The molecular weight excluding hydrogens is 339 g/mol. The molecule has 7 nitrogen and oxygen atoms in total. The number of fused-ring (bicyclic) bond motifs is 1. The number of pyridine rings is 1. The van der Waals surface area contributed by atoms with E-state index < -0.39 is 12.0 Å². The van der Waals surface area contributed by atoms with Gasteiger partial charge >= 0.3 is 5.97 Å². The van der Waals surface area contributed by atoms with Crippen molar-refractivity contribution >= 4 is 23.5 Å². The number of benzene rings is 1. The fourth-order valence-electron chi connectivity index (χ4n) is 2.90. The van der Waals surface area contributed by atoms with Crippen molar-refractivity contribution in [3.05, 3.63) is 47.9 Å². The van der Waals surface area contributed by atoms with Crippen LogP contribution in [0.2, 0.25) is 0 Å². The number of esters is 1. The molecule has 1 saturated heterocycles. The first kappa shape index (κ1) is 16.2. The molecule has 3 aromatic rings. The molecular formula is C18H15FN4O3. The second kappa shape index (κ2) is 6.21. The SMILES string of the molecule is Cc1ccc(F)cc1-c1ccc2nc(NC(=O)[C@H]3CCC(=O)O3)nn2c1. The van der Waals surface area contributed by atoms with Gasteiger partial charge in [0.05, 0.1) is 0 Å². The fraction of sp³-hybridized carbons (Fsp3) is 0.222. The number of nitrogens with zero attached hydrogens (tertiary/aromatic N) is 3. The molecule has 0 aliphatic carbocycles. The maximum absolute atomic E-state index is 13.6. The van der Waals surface area contributed by atoms with Crippen LogP contribution < -0.4 is 5.32 Å². The smallest absolute Gasteiger partial charge is 0.306 e. The number of carbonyl (C=O) groups is 2. The van der Waals surface area contributed by atoms with E-state index in [1.807, 2.05) is 13.0 Å². The van der Waals surface area contributed by atoms with E-state index in [4.69, 9.17) is 4.74 Å². The second-order valence-electron chi connectivity index (χ2n) is 6.12. The van der Waals surface area contributed by atoms with Crippen molar-refractivity contribution in [2.24, 2.45) is 0 Å². The van der Waals surface area contributed by atoms with Crippen molar-refractivity contribution < 1.29 is 18.7 Å². The first-order valence-corrected chi connectivity index (χ1v) is 8.13. The molecule has 4 rings (SSSR count). The number of anilines is 1. The Morgan fingerprint density at radius 1 is 1.35 bits per heavy atom. The number of cyclic esters (lactones) is 1. The lowest BCUT2D eigenvalue weighted by atomic mass is 10.0. The summed E-state index contributed by atoms with van der Waals surface area (Å²) in [5, 5.41) is 6.78. The Morgan fingerprint density at radius 2 is 2.19 bits per heavy atom. The van der Waals surface area contributed by atoms with Crippen molar-refractivity contribution in [1.82, 2.24) is 14.6 Å². The van der Waals surface area contributed by atoms with Crippen LogP contribution in [0.5, 0.6) is 0 Å². The van der Waals surface area contributed by atoms with E-state index in [1.54, 1.807) is 18.3 Å². The number of nitrogens with one attached hydrogen (secondary N) is 1. The van der Waals surface area contributed by atoms with Crippen molar-refractivity contribution in [1.29, 1.82) is 0 Å². The lowest BCUT2D eigenvalue weighted by Gasteiger charge is -2.06. The average molecular weight is 354 g/mol. The van der Waals surface area contributed by atoms with Crippen LogP contribution in [0.15, 0.2) is 36.5 Å². The topological polar surface area (TPSA) is 85.6 Å². The number of aryl methyl sites for hydroxylation is 1. The van der Waals surface area contributed by atoms with Gasteiger partial charge in [0.25, 0.3) is 5.91 Å². The van der Waals surface area contributed by atoms with E-state index in [0.717, 1.165) is 16.7 Å². The molecule has 1 fully saturated rings. The zero-order chi connectivity index (χ0) is 18.3. The van der Waals surface area contributed by atoms with Gasteiger partial charge < -0.3 is 4.74 Å². The molecule has 1 aliphatic heterocycles. The third kappa shape index (κ3) is 3.01. The van der Waals surface area contributed by atoms with Gasteiger partial charge in [0.1, 0.15) is 5.82 Å². The van der Waals surface area contributed by atoms with Gasteiger partial charge in [0.2, 0.25) is 5.95 Å². The van der Waals surface area contributed by atoms with Crippen LogP contribution in [0, 0.1) is 12.7 Å². The predicted molar refractivity (Wildman–Crippen MR) is 90.9 cm³/mol. The van der Waals surface area contributed by atoms with Crippen molar-refractivity contribution in [2.75, 3.05) is 5.32 Å². The Kier molecular flexibility index (Phi) is 3.87. The Balaban J connectivity index is 1.61. The molecule has 132 valence electrons. The number of amides is 1. The molecule has 1 aromatic carbocycles. The summed E-state index contributed by atoms with van der Waals surface area (Å²) in [6.07, 6.45) is 1.49. The number of rotatable bonds is 3. The van der Waals surface area contributed by atoms with Gasteiger partial charge in [-0.1, -0.05) is 6.07 Å². The minimum atomic E-state index is -0.806. The summed E-state index contributed by atoms with van der Waals surface area (Å²) in [6.45, 7) is 1.90. The van der Waals surface area contributed by atoms with Gasteiger partial charge in [0, 0.05) is 24.6 Å². The van der Waals surface area contributed by atoms with Gasteiger partial charge in [0.15, 0.2) is 11.8 Å². The van der Waals surface area contributed by atoms with Crippen molar-refractivity contribution in [2.45, 2.75) is 25.9 Å². The number of hydrogen-bond acceptors (Lipinski definition) is 5. The van der Waals surface area contributed by atoms with E-state index in [1.165, 1.54) is 16.6 Å². The van der Waals surface area contributed by atoms with Crippen LogP contribution in [0.4, 0.5) is 10.3 Å². The van der Waals surface area contributed by atoms with Gasteiger partial charge in [-0.3, -0.25) is 14.9 Å². The highest BCUT2D eigenvalue weighted by Gasteiger charge is 2.30. The second-order valence-corrected chi connectivity index (χ2v) is 6.12. The molecule has 26 heavy (non-hydrogen) atoms. The van der Waals surface area contributed by atoms with Crippen LogP contribution >= 0.6 is 0 Å². The van der Waals surface area contributed by atoms with Gasteiger partial charge in [-0.05, 0) is 42.3 Å². The van der Waals surface area contributed by atoms with Gasteiger partial charge in [-0.15, -0.1) is 5.10 Å². The average Bonchev–Trinajstić information content (AvgIpc) is 3.22. The standard InChI is InChI=1S/C18H15FN4O3/c1-10-2-4-12(19)8-13(10)11-3-6-15-20-18(22-23(15)9-11)21-17(25)14-5-7-16(24)26-14/h2-4,6,8-9,14H,5,7H2,1H3,(H,21,22,25)/t14-/m1/s1. The summed E-state index contributed by atoms with van der Waals surface area (Å²) in [5.74, 6) is -1.04. The minimum Gasteiger partial charge on any atom is -0.452 e. The summed E-state index contributed by atoms with van der Waals surface area (Å²) in [5.41, 5.74) is 3.00. The maximum atomic E-state index is 13.6. The van der Waals surface area contributed by atoms with E-state index >= 15 is 0 Å². The lowest BCUT2D eigenvalue weighted by molar-refractivity contribution is -0.146. The monoisotopic (exact) mass is 354 g/mol. The van der Waals surface area contributed by atoms with Gasteiger partial charge in [-0.2, -0.15) is 4.98 Å². The molecule has 0 spiro atoms. The molecule has 0 bridgehead atoms. The summed E-state index contributed by atoms with van der Waals surface area (Å²) >= 11 is 0. The molecule has 0 unspecified atom stereocenters. The van der Waals surface area contributed by atoms with Gasteiger partial charge in [-0.25, -0.2) is 8.91 Å². The van der Waals surface area contributed by atoms with Crippen LogP contribution in [0.1, 0.15) is 18.4 Å². The van der Waals surface area contributed by atoms with Crippen molar-refractivity contribution in [3.63, 3.8) is 0 Å². The quantitative estimate of drug-likeness (QED) is 0.731. The molecule has 0 radical (unpaired) electrons. The predicted octanol–water partition coefficient (Wildman–Crippen LogP) is 2.49. The molecule has 1 atom stereocenters. The molecule has 1 N–H and O–H groups in total. The number of hydrogen-bond donors (Lipinski definition) is 1. The zero-order valence-corrected chi connectivity index (χ0v) is 13.9. The van der Waals surface area contributed by atoms with Crippen LogP contribution in [0.25, 0.3) is 16.8 Å². The molecule has 0 saturated carbocycles. The minimum absolute atomic E-state index is 0.117. The fourth-order valence-corrected chi connectivity index (χ4v) is 2.90. The Morgan fingerprint density at radius 3 is 2.96 bits per heavy atom. The first-order valence-electron chi connectivity index (χ1n) is 8.13. The Bertz CT molecular complexity index is 1030. The van der Waals surface area contributed by atoms with E-state index in [0.29, 0.717) is 12.1 Å². The van der Waals surface area contributed by atoms with Crippen LogP contribution in [0.3, 0.4) is 0 Å². The number of ether oxygens (including phenoxy) is 1. The molecule has 2 aromatic heterocycles. The Labute approximate surface area is 147 Å². The van der Waals surface area contributed by atoms with E-state index in [9.17, 15) is 14.0 Å². The summed E-state index contributed by atoms with van der Waals surface area (Å²) in [7, 11) is 0. The van der Waals surface area contributed by atoms with E-state index in [2.05, 4.69) is 15.4 Å². The highest BCUT2D eigenvalue weighted by molar-refractivity contribution is 5.95. The highest BCUT2D eigenvalue weighted by atomic mass is 19.1. The van der Waals surface area contributed by atoms with Crippen molar-refractivity contribution in [3.8, 4) is 11.1 Å². The largest absolute Gasteiger partial charge is 0.452 e. The number of aromatic nitrogens is 3. The number of carbonyl (C=O) groups excluding carboxylic acids is 2. The molecule has 3 heterocycles. The lowest BCUT2D eigenvalue weighted by Crippen LogP contribution is -2.27. The summed E-state index contributed by atoms with van der Waals surface area (Å²) in [6, 6.07) is 8.14. The summed E-state index contributed by atoms with van der Waals surface area (Å²) < 4.78 is 20.0. The van der Waals surface area contributed by atoms with Crippen LogP contribution in [-0.2, 0) is 14.3 Å². The third-order valence-electron chi connectivity index (χ3n) is 4.25. The van der Waals surface area contributed by atoms with E-state index in [-0.39, 0.29) is 24.2 Å². The third-order valence-corrected chi connectivity index (χ3v) is 4.25. The maximum Gasteiger partial charge on any atom is 0.306 e. The normalized spacial score (nSPS) is 16.7. The highest BCUT2D eigenvalue weighted by Crippen LogP contribution is 2.25.